The first-order valence-corrected chi connectivity index (χ1v) is 5.28. The number of hydrogen-bond donors (Lipinski definition) is 1. The van der Waals surface area contributed by atoms with Crippen molar-refractivity contribution in [3.63, 3.8) is 0 Å². The third-order valence-corrected chi connectivity index (χ3v) is 1.95. The van der Waals surface area contributed by atoms with Gasteiger partial charge in [-0.15, -0.1) is 0 Å². The fraction of sp³-hybridized carbons (Fsp3) is 0.417. The fourth-order valence-electron chi connectivity index (χ4n) is 1.23. The van der Waals surface area contributed by atoms with Crippen LogP contribution in [0.1, 0.15) is 23.7 Å². The summed E-state index contributed by atoms with van der Waals surface area (Å²) in [6.45, 7) is 3.57. The monoisotopic (exact) mass is 224 g/mol. The maximum absolute atomic E-state index is 10.8. The molecule has 0 spiro atoms. The molecular weight excluding hydrogens is 208 g/mol. The Hall–Kier alpha value is -1.55. The van der Waals surface area contributed by atoms with Crippen molar-refractivity contribution in [1.29, 1.82) is 0 Å². The van der Waals surface area contributed by atoms with Crippen molar-refractivity contribution in [2.75, 3.05) is 19.8 Å². The van der Waals surface area contributed by atoms with Crippen molar-refractivity contribution >= 4 is 5.97 Å². The Morgan fingerprint density at radius 3 is 2.69 bits per heavy atom. The molecule has 0 unspecified atom stereocenters. The Labute approximate surface area is 94.8 Å². The second-order valence-corrected chi connectivity index (χ2v) is 3.26. The Kier molecular flexibility index (Phi) is 5.36. The van der Waals surface area contributed by atoms with Crippen LogP contribution in [0.15, 0.2) is 24.3 Å². The number of ether oxygens (including phenoxy) is 2. The van der Waals surface area contributed by atoms with Gasteiger partial charge in [0.15, 0.2) is 0 Å². The predicted molar refractivity (Wildman–Crippen MR) is 60.0 cm³/mol. The highest BCUT2D eigenvalue weighted by molar-refractivity contribution is 5.90. The van der Waals surface area contributed by atoms with Gasteiger partial charge in [-0.3, -0.25) is 0 Å². The van der Waals surface area contributed by atoms with Crippen LogP contribution in [0.3, 0.4) is 0 Å². The molecule has 0 amide bonds. The maximum atomic E-state index is 10.8. The SMILES string of the molecule is CCCOCCOc1ccccc1C(=O)O. The van der Waals surface area contributed by atoms with Gasteiger partial charge in [0.25, 0.3) is 0 Å². The van der Waals surface area contributed by atoms with E-state index in [0.717, 1.165) is 6.42 Å². The highest BCUT2D eigenvalue weighted by Crippen LogP contribution is 2.17. The number of rotatable bonds is 7. The third-order valence-electron chi connectivity index (χ3n) is 1.95. The Balaban J connectivity index is 2.44. The van der Waals surface area contributed by atoms with Crippen LogP contribution in [0.25, 0.3) is 0 Å². The molecule has 0 bridgehead atoms. The number of hydrogen-bond acceptors (Lipinski definition) is 3. The van der Waals surface area contributed by atoms with Gasteiger partial charge >= 0.3 is 5.97 Å². The van der Waals surface area contributed by atoms with Gasteiger partial charge < -0.3 is 14.6 Å². The molecule has 88 valence electrons. The lowest BCUT2D eigenvalue weighted by atomic mass is 10.2. The number of carboxylic acids is 1. The molecule has 1 aromatic carbocycles. The van der Waals surface area contributed by atoms with E-state index in [1.165, 1.54) is 6.07 Å². The molecule has 0 aliphatic rings. The number of aromatic carboxylic acids is 1. The highest BCUT2D eigenvalue weighted by atomic mass is 16.5. The zero-order valence-corrected chi connectivity index (χ0v) is 9.31. The van der Waals surface area contributed by atoms with Gasteiger partial charge in [-0.25, -0.2) is 4.79 Å². The van der Waals surface area contributed by atoms with Gasteiger partial charge in [-0.1, -0.05) is 19.1 Å². The quantitative estimate of drug-likeness (QED) is 0.721. The molecule has 0 aliphatic carbocycles. The van der Waals surface area contributed by atoms with E-state index in [4.69, 9.17) is 14.6 Å². The fourth-order valence-corrected chi connectivity index (χ4v) is 1.23. The molecule has 0 radical (unpaired) electrons. The van der Waals surface area contributed by atoms with Crippen molar-refractivity contribution in [3.05, 3.63) is 29.8 Å². The second-order valence-electron chi connectivity index (χ2n) is 3.26. The summed E-state index contributed by atoms with van der Waals surface area (Å²) in [6, 6.07) is 6.58. The molecule has 0 aliphatic heterocycles. The van der Waals surface area contributed by atoms with Gasteiger partial charge in [0.2, 0.25) is 0 Å². The average molecular weight is 224 g/mol. The van der Waals surface area contributed by atoms with Gasteiger partial charge in [0.1, 0.15) is 17.9 Å². The van der Waals surface area contributed by atoms with Gasteiger partial charge in [-0.2, -0.15) is 0 Å². The first-order valence-electron chi connectivity index (χ1n) is 5.28. The van der Waals surface area contributed by atoms with Gasteiger partial charge in [-0.05, 0) is 18.6 Å². The summed E-state index contributed by atoms with van der Waals surface area (Å²) in [7, 11) is 0. The molecular formula is C12H16O4. The van der Waals surface area contributed by atoms with Crippen molar-refractivity contribution in [2.24, 2.45) is 0 Å². The molecule has 0 heterocycles. The predicted octanol–water partition coefficient (Wildman–Crippen LogP) is 2.19. The third kappa shape index (κ3) is 3.90. The maximum Gasteiger partial charge on any atom is 0.339 e. The second kappa shape index (κ2) is 6.85. The lowest BCUT2D eigenvalue weighted by Crippen LogP contribution is -2.09. The Bertz CT molecular complexity index is 336. The molecule has 1 rings (SSSR count). The summed E-state index contributed by atoms with van der Waals surface area (Å²) in [5.41, 5.74) is 0.179. The minimum absolute atomic E-state index is 0.179. The Morgan fingerprint density at radius 1 is 1.25 bits per heavy atom. The van der Waals surface area contributed by atoms with Crippen LogP contribution in [-0.4, -0.2) is 30.9 Å². The van der Waals surface area contributed by atoms with Crippen molar-refractivity contribution < 1.29 is 19.4 Å². The molecule has 16 heavy (non-hydrogen) atoms. The first kappa shape index (κ1) is 12.5. The minimum Gasteiger partial charge on any atom is -0.490 e. The van der Waals surface area contributed by atoms with Crippen LogP contribution >= 0.6 is 0 Å². The summed E-state index contributed by atoms with van der Waals surface area (Å²) in [6.07, 6.45) is 0.964. The highest BCUT2D eigenvalue weighted by Gasteiger charge is 2.09. The topological polar surface area (TPSA) is 55.8 Å². The van der Waals surface area contributed by atoms with E-state index < -0.39 is 5.97 Å². The summed E-state index contributed by atoms with van der Waals surface area (Å²) in [5, 5.41) is 8.90. The summed E-state index contributed by atoms with van der Waals surface area (Å²) >= 11 is 0. The normalized spacial score (nSPS) is 10.1. The molecule has 0 saturated carbocycles. The van der Waals surface area contributed by atoms with Crippen LogP contribution in [0.5, 0.6) is 5.75 Å². The largest absolute Gasteiger partial charge is 0.490 e. The van der Waals surface area contributed by atoms with Crippen LogP contribution in [0, 0.1) is 0 Å². The van der Waals surface area contributed by atoms with Crippen molar-refractivity contribution in [1.82, 2.24) is 0 Å². The van der Waals surface area contributed by atoms with E-state index in [1.54, 1.807) is 18.2 Å². The van der Waals surface area contributed by atoms with Crippen molar-refractivity contribution in [3.8, 4) is 5.75 Å². The van der Waals surface area contributed by atoms with E-state index in [2.05, 4.69) is 0 Å². The van der Waals surface area contributed by atoms with Crippen LogP contribution in [0.4, 0.5) is 0 Å². The number of carboxylic acid groups (broad SMARTS) is 1. The zero-order valence-electron chi connectivity index (χ0n) is 9.31. The molecule has 0 atom stereocenters. The molecule has 0 saturated heterocycles. The lowest BCUT2D eigenvalue weighted by Gasteiger charge is -2.08. The summed E-state index contributed by atoms with van der Waals surface area (Å²) in [4.78, 5) is 10.8. The van der Waals surface area contributed by atoms with Gasteiger partial charge in [0.05, 0.1) is 6.61 Å². The molecule has 1 N–H and O–H groups in total. The minimum atomic E-state index is -0.981. The molecule has 4 heteroatoms. The van der Waals surface area contributed by atoms with Crippen LogP contribution in [-0.2, 0) is 4.74 Å². The van der Waals surface area contributed by atoms with Crippen LogP contribution < -0.4 is 4.74 Å². The zero-order chi connectivity index (χ0) is 11.8. The Morgan fingerprint density at radius 2 is 2.00 bits per heavy atom. The van der Waals surface area contributed by atoms with E-state index >= 15 is 0 Å². The van der Waals surface area contributed by atoms with Crippen LogP contribution in [0.2, 0.25) is 0 Å². The first-order chi connectivity index (χ1) is 7.75. The smallest absolute Gasteiger partial charge is 0.339 e. The average Bonchev–Trinajstić information content (AvgIpc) is 2.29. The molecule has 0 aromatic heterocycles. The van der Waals surface area contributed by atoms with Crippen molar-refractivity contribution in [2.45, 2.75) is 13.3 Å². The summed E-state index contributed by atoms with van der Waals surface area (Å²) in [5.74, 6) is -0.597. The molecule has 4 nitrogen and oxygen atoms in total. The standard InChI is InChI=1S/C12H16O4/c1-2-7-15-8-9-16-11-6-4-3-5-10(11)12(13)14/h3-6H,2,7-9H2,1H3,(H,13,14). The molecule has 1 aromatic rings. The molecule has 0 fully saturated rings. The number of carbonyl (C=O) groups is 1. The van der Waals surface area contributed by atoms with E-state index in [-0.39, 0.29) is 5.56 Å². The summed E-state index contributed by atoms with van der Waals surface area (Å²) < 4.78 is 10.6. The van der Waals surface area contributed by atoms with Gasteiger partial charge in [0, 0.05) is 6.61 Å². The van der Waals surface area contributed by atoms with E-state index in [9.17, 15) is 4.79 Å². The van der Waals surface area contributed by atoms with E-state index in [1.807, 2.05) is 6.92 Å². The van der Waals surface area contributed by atoms with E-state index in [0.29, 0.717) is 25.6 Å². The number of benzene rings is 1. The lowest BCUT2D eigenvalue weighted by molar-refractivity contribution is 0.0685. The number of para-hydroxylation sites is 1.